The molecule has 0 amide bonds. The van der Waals surface area contributed by atoms with Crippen LogP contribution in [-0.2, 0) is 12.8 Å². The number of rotatable bonds is 5. The van der Waals surface area contributed by atoms with Gasteiger partial charge in [-0.25, -0.2) is 0 Å². The second-order valence-corrected chi connectivity index (χ2v) is 6.47. The molecule has 1 aromatic rings. The summed E-state index contributed by atoms with van der Waals surface area (Å²) in [5, 5.41) is 3.58. The highest BCUT2D eigenvalue weighted by Gasteiger charge is 2.14. The molecule has 2 saturated heterocycles. The van der Waals surface area contributed by atoms with E-state index in [0.29, 0.717) is 6.04 Å². The van der Waals surface area contributed by atoms with Gasteiger partial charge >= 0.3 is 0 Å². The third-order valence-corrected chi connectivity index (χ3v) is 4.83. The van der Waals surface area contributed by atoms with E-state index in [2.05, 4.69) is 34.5 Å². The van der Waals surface area contributed by atoms with Crippen LogP contribution in [0.1, 0.15) is 43.2 Å². The van der Waals surface area contributed by atoms with Gasteiger partial charge in [0.1, 0.15) is 0 Å². The van der Waals surface area contributed by atoms with E-state index in [-0.39, 0.29) is 0 Å². The third-order valence-electron chi connectivity index (χ3n) is 4.83. The van der Waals surface area contributed by atoms with Gasteiger partial charge in [-0.3, -0.25) is 0 Å². The minimum atomic E-state index is 0.717. The molecule has 1 unspecified atom stereocenters. The largest absolute Gasteiger partial charge is 0.314 e. The van der Waals surface area contributed by atoms with Gasteiger partial charge in [0.2, 0.25) is 0 Å². The summed E-state index contributed by atoms with van der Waals surface area (Å²) in [5.74, 6) is 0. The average molecular weight is 272 g/mol. The quantitative estimate of drug-likeness (QED) is 0.886. The van der Waals surface area contributed by atoms with Crippen LogP contribution in [0.5, 0.6) is 0 Å². The molecule has 2 nitrogen and oxygen atoms in total. The van der Waals surface area contributed by atoms with Crippen molar-refractivity contribution in [3.63, 3.8) is 0 Å². The monoisotopic (exact) mass is 272 g/mol. The molecular formula is C18H28N2. The topological polar surface area (TPSA) is 15.3 Å². The molecular weight excluding hydrogens is 244 g/mol. The molecule has 3 rings (SSSR count). The van der Waals surface area contributed by atoms with Crippen molar-refractivity contribution in [1.82, 2.24) is 10.2 Å². The highest BCUT2D eigenvalue weighted by molar-refractivity contribution is 5.23. The summed E-state index contributed by atoms with van der Waals surface area (Å²) < 4.78 is 0. The van der Waals surface area contributed by atoms with E-state index in [0.717, 1.165) is 0 Å². The fourth-order valence-electron chi connectivity index (χ4n) is 3.53. The molecule has 2 heteroatoms. The molecule has 20 heavy (non-hydrogen) atoms. The molecule has 0 aliphatic carbocycles. The van der Waals surface area contributed by atoms with Crippen molar-refractivity contribution in [3.8, 4) is 0 Å². The summed E-state index contributed by atoms with van der Waals surface area (Å²) in [6.45, 7) is 5.07. The van der Waals surface area contributed by atoms with Gasteiger partial charge in [-0.1, -0.05) is 30.7 Å². The summed E-state index contributed by atoms with van der Waals surface area (Å²) in [6, 6.07) is 10.1. The summed E-state index contributed by atoms with van der Waals surface area (Å²) in [4.78, 5) is 2.62. The Morgan fingerprint density at radius 1 is 0.950 bits per heavy atom. The maximum Gasteiger partial charge on any atom is 0.0108 e. The maximum atomic E-state index is 3.58. The number of likely N-dealkylation sites (tertiary alicyclic amines) is 1. The lowest BCUT2D eigenvalue weighted by Gasteiger charge is -2.26. The van der Waals surface area contributed by atoms with Crippen LogP contribution >= 0.6 is 0 Å². The normalized spacial score (nSPS) is 24.1. The fraction of sp³-hybridized carbons (Fsp3) is 0.667. The second-order valence-electron chi connectivity index (χ2n) is 6.47. The van der Waals surface area contributed by atoms with Gasteiger partial charge < -0.3 is 10.2 Å². The number of nitrogens with zero attached hydrogens (tertiary/aromatic N) is 1. The fourth-order valence-corrected chi connectivity index (χ4v) is 3.53. The van der Waals surface area contributed by atoms with Crippen molar-refractivity contribution in [2.24, 2.45) is 0 Å². The minimum Gasteiger partial charge on any atom is -0.314 e. The Hall–Kier alpha value is -0.860. The van der Waals surface area contributed by atoms with Crippen molar-refractivity contribution in [2.45, 2.75) is 51.0 Å². The Balaban J connectivity index is 1.45. The van der Waals surface area contributed by atoms with E-state index in [4.69, 9.17) is 0 Å². The second kappa shape index (κ2) is 7.24. The van der Waals surface area contributed by atoms with Crippen LogP contribution < -0.4 is 5.32 Å². The molecule has 1 N–H and O–H groups in total. The summed E-state index contributed by atoms with van der Waals surface area (Å²) in [7, 11) is 0. The van der Waals surface area contributed by atoms with Crippen LogP contribution in [0.2, 0.25) is 0 Å². The number of benzene rings is 1. The van der Waals surface area contributed by atoms with Crippen molar-refractivity contribution in [1.29, 1.82) is 0 Å². The summed E-state index contributed by atoms with van der Waals surface area (Å²) in [6.07, 6.45) is 9.32. The summed E-state index contributed by atoms with van der Waals surface area (Å²) >= 11 is 0. The number of hydrogen-bond acceptors (Lipinski definition) is 2. The first-order chi connectivity index (χ1) is 9.90. The lowest BCUT2D eigenvalue weighted by molar-refractivity contribution is 0.231. The van der Waals surface area contributed by atoms with Gasteiger partial charge in [0.15, 0.2) is 0 Å². The van der Waals surface area contributed by atoms with Gasteiger partial charge in [0, 0.05) is 12.6 Å². The van der Waals surface area contributed by atoms with Crippen LogP contribution in [0.4, 0.5) is 0 Å². The molecule has 0 radical (unpaired) electrons. The molecule has 110 valence electrons. The Morgan fingerprint density at radius 3 is 2.40 bits per heavy atom. The molecule has 0 aromatic heterocycles. The molecule has 1 atom stereocenters. The summed E-state index contributed by atoms with van der Waals surface area (Å²) in [5.41, 5.74) is 2.99. The standard InChI is InChI=1S/C18H28N2/c1-2-12-20(13-3-1)14-10-16-6-8-17(9-7-16)15-18-5-4-11-19-18/h6-9,18-19H,1-5,10-15H2. The molecule has 2 aliphatic rings. The Bertz CT molecular complexity index is 386. The van der Waals surface area contributed by atoms with Crippen LogP contribution in [0, 0.1) is 0 Å². The van der Waals surface area contributed by atoms with Gasteiger partial charge in [-0.05, 0) is 69.3 Å². The molecule has 0 spiro atoms. The number of hydrogen-bond donors (Lipinski definition) is 1. The zero-order valence-electron chi connectivity index (χ0n) is 12.6. The van der Waals surface area contributed by atoms with Gasteiger partial charge in [0.05, 0.1) is 0 Å². The molecule has 2 heterocycles. The molecule has 2 fully saturated rings. The van der Waals surface area contributed by atoms with E-state index in [1.807, 2.05) is 0 Å². The first-order valence-corrected chi connectivity index (χ1v) is 8.44. The van der Waals surface area contributed by atoms with Crippen molar-refractivity contribution < 1.29 is 0 Å². The molecule has 1 aromatic carbocycles. The zero-order valence-corrected chi connectivity index (χ0v) is 12.6. The van der Waals surface area contributed by atoms with E-state index in [1.165, 1.54) is 82.3 Å². The van der Waals surface area contributed by atoms with E-state index >= 15 is 0 Å². The van der Waals surface area contributed by atoms with E-state index in [9.17, 15) is 0 Å². The van der Waals surface area contributed by atoms with E-state index in [1.54, 1.807) is 0 Å². The van der Waals surface area contributed by atoms with Crippen LogP contribution in [0.3, 0.4) is 0 Å². The Kier molecular flexibility index (Phi) is 5.10. The van der Waals surface area contributed by atoms with Crippen LogP contribution in [0.15, 0.2) is 24.3 Å². The number of nitrogens with one attached hydrogen (secondary N) is 1. The molecule has 0 saturated carbocycles. The van der Waals surface area contributed by atoms with Gasteiger partial charge in [-0.15, -0.1) is 0 Å². The molecule has 2 aliphatic heterocycles. The maximum absolute atomic E-state index is 3.58. The van der Waals surface area contributed by atoms with Gasteiger partial charge in [-0.2, -0.15) is 0 Å². The predicted molar refractivity (Wildman–Crippen MR) is 85.2 cm³/mol. The molecule has 0 bridgehead atoms. The Labute approximate surface area is 123 Å². The minimum absolute atomic E-state index is 0.717. The van der Waals surface area contributed by atoms with Gasteiger partial charge in [0.25, 0.3) is 0 Å². The van der Waals surface area contributed by atoms with Crippen molar-refractivity contribution in [3.05, 3.63) is 35.4 Å². The third kappa shape index (κ3) is 4.07. The predicted octanol–water partition coefficient (Wildman–Crippen LogP) is 3.01. The van der Waals surface area contributed by atoms with E-state index < -0.39 is 0 Å². The van der Waals surface area contributed by atoms with Crippen molar-refractivity contribution >= 4 is 0 Å². The first-order valence-electron chi connectivity index (χ1n) is 8.44. The first kappa shape index (κ1) is 14.1. The number of piperidine rings is 1. The SMILES string of the molecule is c1cc(CC2CCCN2)ccc1CCN1CCCCC1. The zero-order chi connectivity index (χ0) is 13.6. The smallest absolute Gasteiger partial charge is 0.0108 e. The lowest BCUT2D eigenvalue weighted by atomic mass is 10.0. The highest BCUT2D eigenvalue weighted by Crippen LogP contribution is 2.14. The lowest BCUT2D eigenvalue weighted by Crippen LogP contribution is -2.31. The highest BCUT2D eigenvalue weighted by atomic mass is 15.1. The van der Waals surface area contributed by atoms with Crippen LogP contribution in [0.25, 0.3) is 0 Å². The van der Waals surface area contributed by atoms with Crippen LogP contribution in [-0.4, -0.2) is 37.1 Å². The average Bonchev–Trinajstić information content (AvgIpc) is 3.01. The Morgan fingerprint density at radius 2 is 1.70 bits per heavy atom. The van der Waals surface area contributed by atoms with Crippen molar-refractivity contribution in [2.75, 3.05) is 26.2 Å².